The Morgan fingerprint density at radius 2 is 2.25 bits per heavy atom. The molecule has 0 saturated carbocycles. The first kappa shape index (κ1) is 10.7. The fraction of sp³-hybridized carbons (Fsp3) is 0.308. The normalized spacial score (nSPS) is 14.9. The average Bonchev–Trinajstić information content (AvgIpc) is 2.31. The first-order chi connectivity index (χ1) is 7.81. The van der Waals surface area contributed by atoms with E-state index < -0.39 is 0 Å². The summed E-state index contributed by atoms with van der Waals surface area (Å²) in [5.41, 5.74) is 1.36. The molecule has 0 aliphatic carbocycles. The van der Waals surface area contributed by atoms with Crippen molar-refractivity contribution in [1.82, 2.24) is 0 Å². The van der Waals surface area contributed by atoms with Gasteiger partial charge in [0.2, 0.25) is 0 Å². The van der Waals surface area contributed by atoms with E-state index in [9.17, 15) is 4.39 Å². The number of nitriles is 1. The zero-order valence-corrected chi connectivity index (χ0v) is 8.99. The Balaban J connectivity index is 2.22. The van der Waals surface area contributed by atoms with Gasteiger partial charge in [-0.25, -0.2) is 4.39 Å². The van der Waals surface area contributed by atoms with Gasteiger partial charge in [-0.2, -0.15) is 5.26 Å². The van der Waals surface area contributed by atoms with Crippen molar-refractivity contribution in [1.29, 1.82) is 5.26 Å². The van der Waals surface area contributed by atoms with E-state index in [1.54, 1.807) is 6.07 Å². The lowest BCUT2D eigenvalue weighted by atomic mass is 10.1. The number of hydrogen-bond donors (Lipinski definition) is 0. The third-order valence-corrected chi connectivity index (χ3v) is 2.69. The van der Waals surface area contributed by atoms with E-state index in [2.05, 4.69) is 6.08 Å². The van der Waals surface area contributed by atoms with Gasteiger partial charge in [-0.05, 0) is 24.1 Å². The quantitative estimate of drug-likeness (QED) is 0.711. The maximum Gasteiger partial charge on any atom is 0.146 e. The molecule has 0 fully saturated rings. The molecule has 82 valence electrons. The smallest absolute Gasteiger partial charge is 0.146 e. The van der Waals surface area contributed by atoms with E-state index in [0.717, 1.165) is 25.1 Å². The fourth-order valence-electron chi connectivity index (χ4n) is 1.87. The summed E-state index contributed by atoms with van der Waals surface area (Å²) in [6.07, 6.45) is 5.38. The Bertz CT molecular complexity index is 446. The fourth-order valence-corrected chi connectivity index (χ4v) is 1.87. The zero-order chi connectivity index (χ0) is 11.4. The van der Waals surface area contributed by atoms with E-state index in [0.29, 0.717) is 5.69 Å². The molecule has 1 aromatic rings. The molecule has 3 heteroatoms. The number of halogens is 1. The van der Waals surface area contributed by atoms with Gasteiger partial charge in [0.05, 0.1) is 18.2 Å². The van der Waals surface area contributed by atoms with E-state index in [1.165, 1.54) is 6.07 Å². The van der Waals surface area contributed by atoms with Crippen LogP contribution in [-0.4, -0.2) is 13.1 Å². The maximum atomic E-state index is 13.8. The molecule has 0 atom stereocenters. The first-order valence-corrected chi connectivity index (χ1v) is 5.36. The zero-order valence-electron chi connectivity index (χ0n) is 8.99. The van der Waals surface area contributed by atoms with Crippen LogP contribution in [0.25, 0.3) is 0 Å². The summed E-state index contributed by atoms with van der Waals surface area (Å²) >= 11 is 0. The molecule has 0 amide bonds. The van der Waals surface area contributed by atoms with Gasteiger partial charge in [-0.15, -0.1) is 0 Å². The maximum absolute atomic E-state index is 13.8. The van der Waals surface area contributed by atoms with Gasteiger partial charge in [-0.1, -0.05) is 18.2 Å². The monoisotopic (exact) mass is 216 g/mol. The van der Waals surface area contributed by atoms with Crippen LogP contribution in [0.4, 0.5) is 10.1 Å². The van der Waals surface area contributed by atoms with Gasteiger partial charge in [0.15, 0.2) is 0 Å². The van der Waals surface area contributed by atoms with Crippen LogP contribution >= 0.6 is 0 Å². The number of nitrogens with zero attached hydrogens (tertiary/aromatic N) is 2. The van der Waals surface area contributed by atoms with Crippen LogP contribution in [0.5, 0.6) is 0 Å². The molecule has 2 nitrogen and oxygen atoms in total. The minimum Gasteiger partial charge on any atom is -0.365 e. The summed E-state index contributed by atoms with van der Waals surface area (Å²) in [5.74, 6) is -0.233. The molecule has 0 N–H and O–H groups in total. The standard InChI is InChI=1S/C13H13FN2/c14-12-10-11(6-7-15)4-5-13(12)16-8-2-1-3-9-16/h1-2,4-5,10H,3,6,8-9H2. The highest BCUT2D eigenvalue weighted by Crippen LogP contribution is 2.22. The summed E-state index contributed by atoms with van der Waals surface area (Å²) in [7, 11) is 0. The molecule has 1 heterocycles. The SMILES string of the molecule is N#CCc1ccc(N2CC=CCC2)c(F)c1. The summed E-state index contributed by atoms with van der Waals surface area (Å²) in [6, 6.07) is 7.06. The Morgan fingerprint density at radius 1 is 1.38 bits per heavy atom. The minimum atomic E-state index is -0.233. The van der Waals surface area contributed by atoms with Crippen molar-refractivity contribution < 1.29 is 4.39 Å². The van der Waals surface area contributed by atoms with E-state index in [-0.39, 0.29) is 12.2 Å². The van der Waals surface area contributed by atoms with Crippen molar-refractivity contribution in [3.05, 3.63) is 41.7 Å². The van der Waals surface area contributed by atoms with Gasteiger partial charge >= 0.3 is 0 Å². The number of rotatable bonds is 2. The largest absolute Gasteiger partial charge is 0.365 e. The van der Waals surface area contributed by atoms with Crippen LogP contribution in [-0.2, 0) is 6.42 Å². The van der Waals surface area contributed by atoms with Crippen LogP contribution in [0.15, 0.2) is 30.4 Å². The molecule has 1 aliphatic heterocycles. The molecule has 1 aromatic carbocycles. The molecule has 0 bridgehead atoms. The molecule has 16 heavy (non-hydrogen) atoms. The minimum absolute atomic E-state index is 0.233. The molecule has 2 rings (SSSR count). The lowest BCUT2D eigenvalue weighted by Crippen LogP contribution is -2.27. The van der Waals surface area contributed by atoms with Crippen LogP contribution in [0, 0.1) is 17.1 Å². The highest BCUT2D eigenvalue weighted by Gasteiger charge is 2.12. The van der Waals surface area contributed by atoms with Gasteiger partial charge in [0.1, 0.15) is 5.82 Å². The second-order valence-electron chi connectivity index (χ2n) is 3.83. The average molecular weight is 216 g/mol. The van der Waals surface area contributed by atoms with Crippen molar-refractivity contribution in [3.8, 4) is 6.07 Å². The van der Waals surface area contributed by atoms with Crippen molar-refractivity contribution >= 4 is 5.69 Å². The highest BCUT2D eigenvalue weighted by atomic mass is 19.1. The molecule has 0 spiro atoms. The Hall–Kier alpha value is -1.82. The molecule has 0 radical (unpaired) electrons. The Kier molecular flexibility index (Phi) is 3.21. The Labute approximate surface area is 94.6 Å². The molecular weight excluding hydrogens is 203 g/mol. The Morgan fingerprint density at radius 3 is 2.88 bits per heavy atom. The van der Waals surface area contributed by atoms with Gasteiger partial charge < -0.3 is 4.90 Å². The van der Waals surface area contributed by atoms with E-state index in [4.69, 9.17) is 5.26 Å². The van der Waals surface area contributed by atoms with Gasteiger partial charge in [-0.3, -0.25) is 0 Å². The van der Waals surface area contributed by atoms with Crippen LogP contribution < -0.4 is 4.90 Å². The van der Waals surface area contributed by atoms with Crippen molar-refractivity contribution in [2.45, 2.75) is 12.8 Å². The number of benzene rings is 1. The summed E-state index contributed by atoms with van der Waals surface area (Å²) in [6.45, 7) is 1.61. The summed E-state index contributed by atoms with van der Waals surface area (Å²) in [5, 5.41) is 8.54. The van der Waals surface area contributed by atoms with E-state index in [1.807, 2.05) is 23.1 Å². The topological polar surface area (TPSA) is 27.0 Å². The predicted molar refractivity (Wildman–Crippen MR) is 61.7 cm³/mol. The molecule has 0 aromatic heterocycles. The van der Waals surface area contributed by atoms with E-state index >= 15 is 0 Å². The lowest BCUT2D eigenvalue weighted by Gasteiger charge is -2.26. The van der Waals surface area contributed by atoms with Crippen LogP contribution in [0.2, 0.25) is 0 Å². The predicted octanol–water partition coefficient (Wildman–Crippen LogP) is 2.66. The van der Waals surface area contributed by atoms with Gasteiger partial charge in [0, 0.05) is 13.1 Å². The first-order valence-electron chi connectivity index (χ1n) is 5.36. The number of anilines is 1. The van der Waals surface area contributed by atoms with Crippen LogP contribution in [0.1, 0.15) is 12.0 Å². The van der Waals surface area contributed by atoms with Gasteiger partial charge in [0.25, 0.3) is 0 Å². The summed E-state index contributed by atoms with van der Waals surface area (Å²) in [4.78, 5) is 2.01. The van der Waals surface area contributed by atoms with Crippen molar-refractivity contribution in [2.24, 2.45) is 0 Å². The second kappa shape index (κ2) is 4.80. The van der Waals surface area contributed by atoms with Crippen LogP contribution in [0.3, 0.4) is 0 Å². The molecule has 0 unspecified atom stereocenters. The number of hydrogen-bond acceptors (Lipinski definition) is 2. The second-order valence-corrected chi connectivity index (χ2v) is 3.83. The molecule has 1 aliphatic rings. The molecule has 0 saturated heterocycles. The summed E-state index contributed by atoms with van der Waals surface area (Å²) < 4.78 is 13.8. The lowest BCUT2D eigenvalue weighted by molar-refractivity contribution is 0.617. The molecular formula is C13H13FN2. The highest BCUT2D eigenvalue weighted by molar-refractivity contribution is 5.50. The van der Waals surface area contributed by atoms with Crippen molar-refractivity contribution in [2.75, 3.05) is 18.0 Å². The third kappa shape index (κ3) is 2.22. The van der Waals surface area contributed by atoms with Crippen molar-refractivity contribution in [3.63, 3.8) is 0 Å². The third-order valence-electron chi connectivity index (χ3n) is 2.69.